The predicted octanol–water partition coefficient (Wildman–Crippen LogP) is 4.58. The quantitative estimate of drug-likeness (QED) is 0.663. The minimum Gasteiger partial charge on any atom is -0.507 e. The summed E-state index contributed by atoms with van der Waals surface area (Å²) in [5, 5.41) is 10.5. The van der Waals surface area contributed by atoms with Crippen molar-refractivity contribution in [3.8, 4) is 0 Å². The maximum absolute atomic E-state index is 13.8. The Hall–Kier alpha value is -2.13. The molecule has 0 spiro atoms. The van der Waals surface area contributed by atoms with Crippen LogP contribution in [0.15, 0.2) is 54.1 Å². The average Bonchev–Trinajstić information content (AvgIpc) is 2.47. The fraction of sp³-hybridized carbons (Fsp3) is 0.118. The molecule has 2 aromatic carbocycles. The average molecular weight is 305 g/mol. The zero-order chi connectivity index (χ0) is 15.4. The summed E-state index contributed by atoms with van der Waals surface area (Å²) in [6, 6.07) is 13.0. The smallest absolute Gasteiger partial charge is 0.159 e. The van der Waals surface area contributed by atoms with E-state index in [4.69, 9.17) is 11.6 Å². The first kappa shape index (κ1) is 15.3. The molecule has 0 unspecified atom stereocenters. The summed E-state index contributed by atoms with van der Waals surface area (Å²) in [6.45, 7) is 1.34. The van der Waals surface area contributed by atoms with Crippen molar-refractivity contribution in [2.24, 2.45) is 0 Å². The number of aliphatic hydroxyl groups excluding tert-OH is 1. The zero-order valence-corrected chi connectivity index (χ0v) is 12.2. The molecule has 0 aliphatic carbocycles. The summed E-state index contributed by atoms with van der Waals surface area (Å²) in [5.74, 6) is -0.972. The first-order chi connectivity index (χ1) is 10.0. The van der Waals surface area contributed by atoms with Crippen LogP contribution < -0.4 is 0 Å². The van der Waals surface area contributed by atoms with Gasteiger partial charge < -0.3 is 5.11 Å². The van der Waals surface area contributed by atoms with Crippen molar-refractivity contribution >= 4 is 23.1 Å². The van der Waals surface area contributed by atoms with E-state index in [1.54, 1.807) is 36.4 Å². The van der Waals surface area contributed by atoms with Gasteiger partial charge in [0.15, 0.2) is 5.78 Å². The molecule has 0 heterocycles. The third-order valence-corrected chi connectivity index (χ3v) is 3.53. The van der Waals surface area contributed by atoms with Gasteiger partial charge in [-0.05, 0) is 19.1 Å². The largest absolute Gasteiger partial charge is 0.507 e. The second-order valence-electron chi connectivity index (χ2n) is 4.63. The van der Waals surface area contributed by atoms with Gasteiger partial charge in [-0.2, -0.15) is 0 Å². The number of halogens is 2. The number of ketones is 1. The van der Waals surface area contributed by atoms with Crippen LogP contribution >= 0.6 is 11.6 Å². The monoisotopic (exact) mass is 304 g/mol. The molecule has 2 rings (SSSR count). The van der Waals surface area contributed by atoms with E-state index in [1.165, 1.54) is 19.1 Å². The predicted molar refractivity (Wildman–Crippen MR) is 81.8 cm³/mol. The number of carbonyl (C=O) groups excluding carboxylic acids is 1. The van der Waals surface area contributed by atoms with Crippen LogP contribution in [0.1, 0.15) is 18.1 Å². The first-order valence-electron chi connectivity index (χ1n) is 6.42. The molecule has 2 aromatic rings. The van der Waals surface area contributed by atoms with E-state index in [2.05, 4.69) is 0 Å². The molecule has 108 valence electrons. The molecule has 0 atom stereocenters. The summed E-state index contributed by atoms with van der Waals surface area (Å²) < 4.78 is 13.8. The van der Waals surface area contributed by atoms with Gasteiger partial charge in [0.25, 0.3) is 0 Å². The van der Waals surface area contributed by atoms with Gasteiger partial charge in [0, 0.05) is 28.1 Å². The van der Waals surface area contributed by atoms with E-state index in [9.17, 15) is 14.3 Å². The number of hydrogen-bond donors (Lipinski definition) is 1. The van der Waals surface area contributed by atoms with E-state index in [-0.39, 0.29) is 34.1 Å². The molecular formula is C17H14ClFO2. The van der Waals surface area contributed by atoms with Crippen LogP contribution in [-0.4, -0.2) is 10.9 Å². The fourth-order valence-corrected chi connectivity index (χ4v) is 2.25. The maximum atomic E-state index is 13.8. The van der Waals surface area contributed by atoms with Crippen LogP contribution in [0.3, 0.4) is 0 Å². The van der Waals surface area contributed by atoms with E-state index < -0.39 is 5.82 Å². The summed E-state index contributed by atoms with van der Waals surface area (Å²) in [7, 11) is 0. The highest BCUT2D eigenvalue weighted by Gasteiger charge is 2.17. The van der Waals surface area contributed by atoms with Gasteiger partial charge in [-0.25, -0.2) is 4.39 Å². The van der Waals surface area contributed by atoms with Crippen LogP contribution in [0.25, 0.3) is 5.76 Å². The number of carbonyl (C=O) groups is 1. The van der Waals surface area contributed by atoms with Gasteiger partial charge in [-0.3, -0.25) is 4.79 Å². The van der Waals surface area contributed by atoms with Crippen molar-refractivity contribution in [2.45, 2.75) is 13.3 Å². The molecule has 0 aliphatic rings. The number of aliphatic hydroxyl groups is 1. The Bertz CT molecular complexity index is 673. The number of rotatable bonds is 4. The topological polar surface area (TPSA) is 37.3 Å². The Balaban J connectivity index is 2.48. The van der Waals surface area contributed by atoms with Gasteiger partial charge in [-0.15, -0.1) is 0 Å². The number of allylic oxidation sites excluding steroid dienone is 1. The van der Waals surface area contributed by atoms with Gasteiger partial charge in [0.05, 0.1) is 0 Å². The van der Waals surface area contributed by atoms with E-state index in [0.29, 0.717) is 5.56 Å². The zero-order valence-electron chi connectivity index (χ0n) is 11.4. The Morgan fingerprint density at radius 2 is 1.81 bits per heavy atom. The normalized spacial score (nSPS) is 12.0. The highest BCUT2D eigenvalue weighted by Crippen LogP contribution is 2.26. The molecule has 0 saturated carbocycles. The Kier molecular flexibility index (Phi) is 4.76. The molecule has 0 radical (unpaired) electrons. The molecule has 0 bridgehead atoms. The molecule has 4 heteroatoms. The van der Waals surface area contributed by atoms with Crippen molar-refractivity contribution in [1.29, 1.82) is 0 Å². The Morgan fingerprint density at radius 3 is 2.38 bits per heavy atom. The number of hydrogen-bond acceptors (Lipinski definition) is 2. The van der Waals surface area contributed by atoms with Gasteiger partial charge in [-0.1, -0.05) is 48.0 Å². The second kappa shape index (κ2) is 6.55. The van der Waals surface area contributed by atoms with Crippen LogP contribution in [0, 0.1) is 5.82 Å². The minimum atomic E-state index is -0.498. The number of Topliss-reactive ketones (excluding diaryl/α,β-unsaturated/α-hetero) is 1. The Morgan fingerprint density at radius 1 is 1.14 bits per heavy atom. The van der Waals surface area contributed by atoms with Gasteiger partial charge in [0.1, 0.15) is 11.6 Å². The lowest BCUT2D eigenvalue weighted by Gasteiger charge is -2.10. The highest BCUT2D eigenvalue weighted by atomic mass is 35.5. The Labute approximate surface area is 127 Å². The van der Waals surface area contributed by atoms with Crippen molar-refractivity contribution in [3.05, 3.63) is 76.1 Å². The minimum absolute atomic E-state index is 0.0540. The van der Waals surface area contributed by atoms with E-state index in [0.717, 1.165) is 0 Å². The van der Waals surface area contributed by atoms with Crippen LogP contribution in [0.2, 0.25) is 5.02 Å². The summed E-state index contributed by atoms with van der Waals surface area (Å²) in [6.07, 6.45) is -0.0540. The third kappa shape index (κ3) is 3.50. The van der Waals surface area contributed by atoms with Crippen molar-refractivity contribution in [2.75, 3.05) is 0 Å². The lowest BCUT2D eigenvalue weighted by Crippen LogP contribution is -2.06. The lowest BCUT2D eigenvalue weighted by molar-refractivity contribution is -0.113. The van der Waals surface area contributed by atoms with Crippen LogP contribution in [0.5, 0.6) is 0 Å². The van der Waals surface area contributed by atoms with Gasteiger partial charge >= 0.3 is 0 Å². The fourth-order valence-electron chi connectivity index (χ4n) is 2.02. The van der Waals surface area contributed by atoms with E-state index >= 15 is 0 Å². The second-order valence-corrected chi connectivity index (χ2v) is 5.03. The molecule has 0 saturated heterocycles. The first-order valence-corrected chi connectivity index (χ1v) is 6.80. The van der Waals surface area contributed by atoms with Crippen molar-refractivity contribution in [3.63, 3.8) is 0 Å². The maximum Gasteiger partial charge on any atom is 0.159 e. The molecule has 1 N–H and O–H groups in total. The molecule has 21 heavy (non-hydrogen) atoms. The summed E-state index contributed by atoms with van der Waals surface area (Å²) >= 11 is 5.97. The molecule has 0 fully saturated rings. The third-order valence-electron chi connectivity index (χ3n) is 3.17. The molecule has 0 aromatic heterocycles. The summed E-state index contributed by atoms with van der Waals surface area (Å²) in [4.78, 5) is 11.8. The molecule has 0 aliphatic heterocycles. The van der Waals surface area contributed by atoms with Crippen LogP contribution in [-0.2, 0) is 11.2 Å². The molecule has 2 nitrogen and oxygen atoms in total. The van der Waals surface area contributed by atoms with Crippen LogP contribution in [0.4, 0.5) is 4.39 Å². The lowest BCUT2D eigenvalue weighted by atomic mass is 9.98. The standard InChI is InChI=1S/C17H14ClFO2/c1-11(20)13(17(21)12-6-3-2-4-7-12)10-14-15(18)8-5-9-16(14)19/h2-9,21H,10H2,1H3. The summed E-state index contributed by atoms with van der Waals surface area (Å²) in [5.41, 5.74) is 0.843. The highest BCUT2D eigenvalue weighted by molar-refractivity contribution is 6.31. The SMILES string of the molecule is CC(=O)C(Cc1c(F)cccc1Cl)=C(O)c1ccccc1. The van der Waals surface area contributed by atoms with Crippen molar-refractivity contribution < 1.29 is 14.3 Å². The molecular weight excluding hydrogens is 291 g/mol. The van der Waals surface area contributed by atoms with E-state index in [1.807, 2.05) is 0 Å². The van der Waals surface area contributed by atoms with Crippen molar-refractivity contribution in [1.82, 2.24) is 0 Å². The number of benzene rings is 2. The van der Waals surface area contributed by atoms with Gasteiger partial charge in [0.2, 0.25) is 0 Å². The molecule has 0 amide bonds.